The second kappa shape index (κ2) is 6.57. The summed E-state index contributed by atoms with van der Waals surface area (Å²) >= 11 is 0. The minimum absolute atomic E-state index is 0.0878. The van der Waals surface area contributed by atoms with Gasteiger partial charge in [-0.3, -0.25) is 4.79 Å². The first kappa shape index (κ1) is 16.0. The molecule has 1 aliphatic heterocycles. The number of hydrogen-bond donors (Lipinski definition) is 2. The molecule has 1 aromatic heterocycles. The Morgan fingerprint density at radius 1 is 1.62 bits per heavy atom. The lowest BCUT2D eigenvalue weighted by atomic mass is 10.2. The molecule has 2 N–H and O–H groups in total. The van der Waals surface area contributed by atoms with Crippen LogP contribution < -0.4 is 5.32 Å². The minimum atomic E-state index is -3.34. The zero-order chi connectivity index (χ0) is 15.5. The van der Waals surface area contributed by atoms with Crippen LogP contribution in [0, 0.1) is 0 Å². The molecule has 0 aliphatic carbocycles. The highest BCUT2D eigenvalue weighted by Crippen LogP contribution is 2.22. The van der Waals surface area contributed by atoms with E-state index in [-0.39, 0.29) is 17.7 Å². The van der Waals surface area contributed by atoms with Crippen LogP contribution in [0.15, 0.2) is 12.4 Å². The van der Waals surface area contributed by atoms with Crippen molar-refractivity contribution in [2.24, 2.45) is 0 Å². The molecule has 1 aromatic rings. The van der Waals surface area contributed by atoms with E-state index in [4.69, 9.17) is 0 Å². The Morgan fingerprint density at radius 3 is 3.00 bits per heavy atom. The summed E-state index contributed by atoms with van der Waals surface area (Å²) in [5.41, 5.74) is 0. The van der Waals surface area contributed by atoms with Crippen LogP contribution in [-0.4, -0.2) is 46.9 Å². The van der Waals surface area contributed by atoms with Crippen molar-refractivity contribution >= 4 is 15.9 Å². The summed E-state index contributed by atoms with van der Waals surface area (Å²) in [4.78, 5) is 19.4. The van der Waals surface area contributed by atoms with Crippen LogP contribution in [0.5, 0.6) is 0 Å². The van der Waals surface area contributed by atoms with Gasteiger partial charge in [0.05, 0.1) is 11.8 Å². The highest BCUT2D eigenvalue weighted by atomic mass is 32.2. The molecular weight excluding hydrogens is 292 g/mol. The van der Waals surface area contributed by atoms with Gasteiger partial charge in [-0.1, -0.05) is 6.92 Å². The van der Waals surface area contributed by atoms with Gasteiger partial charge in [0.2, 0.25) is 15.9 Å². The number of amides is 1. The number of carbonyl (C=O) groups excluding carboxylic acids is 1. The van der Waals surface area contributed by atoms with Crippen molar-refractivity contribution in [1.82, 2.24) is 19.6 Å². The molecule has 2 atom stereocenters. The summed E-state index contributed by atoms with van der Waals surface area (Å²) in [5, 5.41) is 2.83. The number of hydrogen-bond acceptors (Lipinski definition) is 4. The number of carbonyl (C=O) groups is 1. The largest absolute Gasteiger partial charge is 0.347 e. The number of imidazole rings is 1. The summed E-state index contributed by atoms with van der Waals surface area (Å²) in [6, 6.07) is -0.872. The molecule has 1 fully saturated rings. The van der Waals surface area contributed by atoms with Crippen molar-refractivity contribution < 1.29 is 13.2 Å². The smallest absolute Gasteiger partial charge is 0.239 e. The number of aromatic nitrogens is 2. The molecule has 0 saturated carbocycles. The Kier molecular flexibility index (Phi) is 5.00. The average Bonchev–Trinajstić information content (AvgIpc) is 3.10. The van der Waals surface area contributed by atoms with Gasteiger partial charge in [0.15, 0.2) is 0 Å². The monoisotopic (exact) mass is 314 g/mol. The lowest BCUT2D eigenvalue weighted by molar-refractivity contribution is -0.124. The van der Waals surface area contributed by atoms with E-state index in [9.17, 15) is 13.2 Å². The van der Waals surface area contributed by atoms with Crippen LogP contribution in [0.1, 0.15) is 45.0 Å². The molecule has 2 heterocycles. The predicted molar refractivity (Wildman–Crippen MR) is 79.0 cm³/mol. The Balaban J connectivity index is 2.04. The first-order chi connectivity index (χ1) is 9.95. The number of rotatable bonds is 6. The third-order valence-electron chi connectivity index (χ3n) is 3.61. The van der Waals surface area contributed by atoms with Crippen molar-refractivity contribution in [3.05, 3.63) is 18.2 Å². The standard InChI is InChI=1S/C13H22N4O3S/c1-3-9-21(19,20)17-8-4-5-11(17)13(18)16-10(2)12-14-6-7-15-12/h6-7,10-11H,3-5,8-9H2,1-2H3,(H,14,15)(H,16,18). The normalized spacial score (nSPS) is 21.3. The van der Waals surface area contributed by atoms with Crippen LogP contribution in [0.25, 0.3) is 0 Å². The SMILES string of the molecule is CCCS(=O)(=O)N1CCCC1C(=O)NC(C)c1ncc[nH]1. The molecule has 0 radical (unpaired) electrons. The molecule has 8 heteroatoms. The highest BCUT2D eigenvalue weighted by molar-refractivity contribution is 7.89. The second-order valence-corrected chi connectivity index (χ2v) is 7.33. The fourth-order valence-corrected chi connectivity index (χ4v) is 4.35. The third-order valence-corrected chi connectivity index (χ3v) is 5.69. The summed E-state index contributed by atoms with van der Waals surface area (Å²) in [6.07, 6.45) is 5.14. The minimum Gasteiger partial charge on any atom is -0.347 e. The summed E-state index contributed by atoms with van der Waals surface area (Å²) < 4.78 is 25.7. The maximum Gasteiger partial charge on any atom is 0.239 e. The Hall–Kier alpha value is -1.41. The van der Waals surface area contributed by atoms with E-state index < -0.39 is 16.1 Å². The molecule has 1 saturated heterocycles. The van der Waals surface area contributed by atoms with Gasteiger partial charge in [0.25, 0.3) is 0 Å². The number of aromatic amines is 1. The van der Waals surface area contributed by atoms with Crippen molar-refractivity contribution in [2.45, 2.75) is 45.2 Å². The van der Waals surface area contributed by atoms with Gasteiger partial charge in [0.1, 0.15) is 11.9 Å². The Labute approximate surface area is 125 Å². The molecule has 2 rings (SSSR count). The summed E-state index contributed by atoms with van der Waals surface area (Å²) in [5.74, 6) is 0.491. The van der Waals surface area contributed by atoms with Gasteiger partial charge < -0.3 is 10.3 Å². The first-order valence-corrected chi connectivity index (χ1v) is 8.85. The molecule has 1 aliphatic rings. The summed E-state index contributed by atoms with van der Waals surface area (Å²) in [7, 11) is -3.34. The van der Waals surface area contributed by atoms with Gasteiger partial charge in [-0.25, -0.2) is 13.4 Å². The quantitative estimate of drug-likeness (QED) is 0.811. The van der Waals surface area contributed by atoms with Crippen LogP contribution >= 0.6 is 0 Å². The fraction of sp³-hybridized carbons (Fsp3) is 0.692. The fourth-order valence-electron chi connectivity index (χ4n) is 2.60. The van der Waals surface area contributed by atoms with E-state index in [1.165, 1.54) is 4.31 Å². The molecular formula is C13H22N4O3S. The average molecular weight is 314 g/mol. The van der Waals surface area contributed by atoms with E-state index in [0.717, 1.165) is 6.42 Å². The maximum atomic E-state index is 12.4. The third kappa shape index (κ3) is 3.62. The molecule has 1 amide bonds. The van der Waals surface area contributed by atoms with Crippen LogP contribution in [0.2, 0.25) is 0 Å². The van der Waals surface area contributed by atoms with Crippen LogP contribution in [0.3, 0.4) is 0 Å². The van der Waals surface area contributed by atoms with Crippen molar-refractivity contribution in [1.29, 1.82) is 0 Å². The zero-order valence-electron chi connectivity index (χ0n) is 12.4. The van der Waals surface area contributed by atoms with Gasteiger partial charge >= 0.3 is 0 Å². The van der Waals surface area contributed by atoms with E-state index in [1.54, 1.807) is 12.4 Å². The Morgan fingerprint density at radius 2 is 2.38 bits per heavy atom. The van der Waals surface area contributed by atoms with Crippen LogP contribution in [0.4, 0.5) is 0 Å². The first-order valence-electron chi connectivity index (χ1n) is 7.25. The molecule has 0 bridgehead atoms. The molecule has 2 unspecified atom stereocenters. The maximum absolute atomic E-state index is 12.4. The second-order valence-electron chi connectivity index (χ2n) is 5.29. The molecule has 118 valence electrons. The van der Waals surface area contributed by atoms with Gasteiger partial charge in [-0.2, -0.15) is 4.31 Å². The number of nitrogens with one attached hydrogen (secondary N) is 2. The number of nitrogens with zero attached hydrogens (tertiary/aromatic N) is 2. The molecule has 21 heavy (non-hydrogen) atoms. The molecule has 0 aromatic carbocycles. The highest BCUT2D eigenvalue weighted by Gasteiger charge is 2.38. The van der Waals surface area contributed by atoms with E-state index in [2.05, 4.69) is 15.3 Å². The summed E-state index contributed by atoms with van der Waals surface area (Å²) in [6.45, 7) is 4.06. The number of H-pyrrole nitrogens is 1. The lowest BCUT2D eigenvalue weighted by Gasteiger charge is -2.24. The van der Waals surface area contributed by atoms with E-state index in [0.29, 0.717) is 25.2 Å². The van der Waals surface area contributed by atoms with E-state index in [1.807, 2.05) is 13.8 Å². The topological polar surface area (TPSA) is 95.2 Å². The zero-order valence-corrected chi connectivity index (χ0v) is 13.2. The van der Waals surface area contributed by atoms with Crippen molar-refractivity contribution in [3.8, 4) is 0 Å². The van der Waals surface area contributed by atoms with E-state index >= 15 is 0 Å². The predicted octanol–water partition coefficient (Wildman–Crippen LogP) is 0.791. The molecule has 0 spiro atoms. The Bertz CT molecular complexity index is 570. The van der Waals surface area contributed by atoms with Gasteiger partial charge in [-0.05, 0) is 26.2 Å². The number of sulfonamides is 1. The van der Waals surface area contributed by atoms with Gasteiger partial charge in [-0.15, -0.1) is 0 Å². The van der Waals surface area contributed by atoms with Crippen molar-refractivity contribution in [2.75, 3.05) is 12.3 Å². The molecule has 7 nitrogen and oxygen atoms in total. The lowest BCUT2D eigenvalue weighted by Crippen LogP contribution is -2.47. The van der Waals surface area contributed by atoms with Crippen molar-refractivity contribution in [3.63, 3.8) is 0 Å². The van der Waals surface area contributed by atoms with Gasteiger partial charge in [0, 0.05) is 18.9 Å². The van der Waals surface area contributed by atoms with Crippen LogP contribution in [-0.2, 0) is 14.8 Å².